The van der Waals surface area contributed by atoms with E-state index in [9.17, 15) is 14.7 Å². The fourth-order valence-corrected chi connectivity index (χ4v) is 4.55. The van der Waals surface area contributed by atoms with Gasteiger partial charge >= 0.3 is 6.09 Å². The molecule has 2 rings (SSSR count). The molecule has 2 heterocycles. The number of carbonyl (C=O) groups is 2. The summed E-state index contributed by atoms with van der Waals surface area (Å²) in [5.74, 6) is -0.0289. The largest absolute Gasteiger partial charge is 0.447 e. The molecule has 162 valence electrons. The summed E-state index contributed by atoms with van der Waals surface area (Å²) in [5.41, 5.74) is -0.390. The number of ether oxygens (including phenoxy) is 3. The van der Waals surface area contributed by atoms with Crippen LogP contribution in [-0.4, -0.2) is 59.8 Å². The van der Waals surface area contributed by atoms with E-state index < -0.39 is 12.2 Å². The van der Waals surface area contributed by atoms with Gasteiger partial charge in [-0.1, -0.05) is 34.1 Å². The number of cyclic esters (lactones) is 1. The molecule has 0 unspecified atom stereocenters. The molecule has 0 spiro atoms. The number of rotatable bonds is 9. The quantitative estimate of drug-likeness (QED) is 0.640. The Morgan fingerprint density at radius 3 is 2.57 bits per heavy atom. The van der Waals surface area contributed by atoms with E-state index in [-0.39, 0.29) is 48.7 Å². The number of aliphatic hydroxyl groups excluding tert-OH is 1. The van der Waals surface area contributed by atoms with Gasteiger partial charge in [0.1, 0.15) is 6.61 Å². The van der Waals surface area contributed by atoms with Crippen molar-refractivity contribution in [3.05, 3.63) is 0 Å². The van der Waals surface area contributed by atoms with Gasteiger partial charge in [0, 0.05) is 13.0 Å². The molecule has 2 amide bonds. The molecule has 0 aromatic heterocycles. The summed E-state index contributed by atoms with van der Waals surface area (Å²) in [6, 6.07) is -0.268. The van der Waals surface area contributed by atoms with Crippen LogP contribution in [0.25, 0.3) is 0 Å². The smallest absolute Gasteiger partial charge is 0.416 e. The summed E-state index contributed by atoms with van der Waals surface area (Å²) in [6.07, 6.45) is 1.46. The lowest BCUT2D eigenvalue weighted by atomic mass is 9.81. The SMILES string of the molecule is CC[C@@H]1C[C@@](C)(C[C@@H](CC)[C@H](O)CC(=O)N2C(=O)OC[C@@H]2C(C)C)O[C@@H]1OC. The molecule has 7 nitrogen and oxygen atoms in total. The van der Waals surface area contributed by atoms with Gasteiger partial charge in [0.05, 0.1) is 24.2 Å². The van der Waals surface area contributed by atoms with E-state index in [1.165, 1.54) is 4.90 Å². The number of nitrogens with zero attached hydrogens (tertiary/aromatic N) is 1. The minimum Gasteiger partial charge on any atom is -0.447 e. The Morgan fingerprint density at radius 1 is 1.39 bits per heavy atom. The van der Waals surface area contributed by atoms with Gasteiger partial charge in [-0.15, -0.1) is 0 Å². The van der Waals surface area contributed by atoms with Crippen LogP contribution in [-0.2, 0) is 19.0 Å². The molecule has 2 aliphatic rings. The zero-order valence-electron chi connectivity index (χ0n) is 18.1. The van der Waals surface area contributed by atoms with Crippen molar-refractivity contribution in [2.24, 2.45) is 17.8 Å². The molecular formula is C21H37NO6. The standard InChI is InChI=1S/C21H37NO6/c1-7-14(10-21(5)11-15(8-2)19(26-6)28-21)17(23)9-18(24)22-16(13(3)4)12-27-20(22)25/h13-17,19,23H,7-12H2,1-6H3/t14-,15-,16-,17-,19+,21-/m1/s1. The molecule has 0 aliphatic carbocycles. The first-order chi connectivity index (χ1) is 13.2. The van der Waals surface area contributed by atoms with Crippen LogP contribution in [0.4, 0.5) is 4.79 Å². The van der Waals surface area contributed by atoms with Crippen molar-refractivity contribution in [3.63, 3.8) is 0 Å². The lowest BCUT2D eigenvalue weighted by molar-refractivity contribution is -0.168. The molecule has 0 saturated carbocycles. The van der Waals surface area contributed by atoms with Gasteiger partial charge in [0.2, 0.25) is 5.91 Å². The number of hydrogen-bond donors (Lipinski definition) is 1. The van der Waals surface area contributed by atoms with E-state index in [1.807, 2.05) is 20.8 Å². The average molecular weight is 400 g/mol. The van der Waals surface area contributed by atoms with Crippen molar-refractivity contribution >= 4 is 12.0 Å². The monoisotopic (exact) mass is 399 g/mol. The number of imide groups is 1. The molecule has 0 aromatic rings. The van der Waals surface area contributed by atoms with E-state index in [0.717, 1.165) is 19.3 Å². The van der Waals surface area contributed by atoms with Gasteiger partial charge in [-0.2, -0.15) is 0 Å². The third-order valence-electron chi connectivity index (χ3n) is 6.33. The molecular weight excluding hydrogens is 362 g/mol. The lowest BCUT2D eigenvalue weighted by Crippen LogP contribution is -2.44. The molecule has 2 fully saturated rings. The highest BCUT2D eigenvalue weighted by molar-refractivity contribution is 5.93. The van der Waals surface area contributed by atoms with Crippen LogP contribution in [0.1, 0.15) is 66.7 Å². The van der Waals surface area contributed by atoms with Crippen LogP contribution in [0.5, 0.6) is 0 Å². The molecule has 0 bridgehead atoms. The summed E-state index contributed by atoms with van der Waals surface area (Å²) < 4.78 is 16.7. The van der Waals surface area contributed by atoms with Crippen LogP contribution in [0.15, 0.2) is 0 Å². The van der Waals surface area contributed by atoms with Crippen molar-refractivity contribution in [2.45, 2.75) is 90.8 Å². The Bertz CT molecular complexity index is 539. The molecule has 28 heavy (non-hydrogen) atoms. The fraction of sp³-hybridized carbons (Fsp3) is 0.905. The lowest BCUT2D eigenvalue weighted by Gasteiger charge is -2.32. The third-order valence-corrected chi connectivity index (χ3v) is 6.33. The summed E-state index contributed by atoms with van der Waals surface area (Å²) in [4.78, 5) is 25.9. The zero-order valence-corrected chi connectivity index (χ0v) is 18.1. The summed E-state index contributed by atoms with van der Waals surface area (Å²) in [5, 5.41) is 10.8. The van der Waals surface area contributed by atoms with E-state index in [4.69, 9.17) is 14.2 Å². The topological polar surface area (TPSA) is 85.3 Å². The van der Waals surface area contributed by atoms with E-state index in [0.29, 0.717) is 12.3 Å². The Balaban J connectivity index is 2.00. The van der Waals surface area contributed by atoms with E-state index in [1.54, 1.807) is 7.11 Å². The number of aliphatic hydroxyl groups is 1. The Hall–Kier alpha value is -1.18. The predicted molar refractivity (Wildman–Crippen MR) is 105 cm³/mol. The van der Waals surface area contributed by atoms with Crippen LogP contribution < -0.4 is 0 Å². The predicted octanol–water partition coefficient (Wildman–Crippen LogP) is 3.33. The maximum Gasteiger partial charge on any atom is 0.416 e. The molecule has 2 saturated heterocycles. The highest BCUT2D eigenvalue weighted by atomic mass is 16.7. The van der Waals surface area contributed by atoms with Gasteiger partial charge in [0.15, 0.2) is 6.29 Å². The van der Waals surface area contributed by atoms with Crippen LogP contribution in [0.2, 0.25) is 0 Å². The van der Waals surface area contributed by atoms with Gasteiger partial charge in [-0.05, 0) is 38.0 Å². The minimum absolute atomic E-state index is 0.0855. The summed E-state index contributed by atoms with van der Waals surface area (Å²) in [6.45, 7) is 10.3. The number of methoxy groups -OCH3 is 1. The Kier molecular flexibility index (Phi) is 7.88. The van der Waals surface area contributed by atoms with E-state index >= 15 is 0 Å². The van der Waals surface area contributed by atoms with Gasteiger partial charge in [-0.25, -0.2) is 9.69 Å². The fourth-order valence-electron chi connectivity index (χ4n) is 4.55. The maximum absolute atomic E-state index is 12.7. The molecule has 2 aliphatic heterocycles. The van der Waals surface area contributed by atoms with Gasteiger partial charge in [-0.3, -0.25) is 4.79 Å². The van der Waals surface area contributed by atoms with E-state index in [2.05, 4.69) is 13.8 Å². The summed E-state index contributed by atoms with van der Waals surface area (Å²) >= 11 is 0. The van der Waals surface area contributed by atoms with Gasteiger partial charge < -0.3 is 19.3 Å². The molecule has 0 radical (unpaired) electrons. The zero-order chi connectivity index (χ0) is 21.1. The van der Waals surface area contributed by atoms with Crippen LogP contribution >= 0.6 is 0 Å². The van der Waals surface area contributed by atoms with Crippen molar-refractivity contribution in [2.75, 3.05) is 13.7 Å². The van der Waals surface area contributed by atoms with Crippen molar-refractivity contribution in [3.8, 4) is 0 Å². The second-order valence-electron chi connectivity index (χ2n) is 8.84. The Labute approximate surface area is 168 Å². The maximum atomic E-state index is 12.7. The van der Waals surface area contributed by atoms with Gasteiger partial charge in [0.25, 0.3) is 0 Å². The van der Waals surface area contributed by atoms with Crippen LogP contribution in [0.3, 0.4) is 0 Å². The third kappa shape index (κ3) is 5.05. The normalized spacial score (nSPS) is 32.6. The van der Waals surface area contributed by atoms with Crippen LogP contribution in [0, 0.1) is 17.8 Å². The molecule has 0 aromatic carbocycles. The second kappa shape index (κ2) is 9.55. The Morgan fingerprint density at radius 2 is 2.07 bits per heavy atom. The minimum atomic E-state index is -0.833. The number of carbonyl (C=O) groups excluding carboxylic acids is 2. The first kappa shape index (κ1) is 23.1. The molecule has 7 heteroatoms. The summed E-state index contributed by atoms with van der Waals surface area (Å²) in [7, 11) is 1.66. The number of hydrogen-bond acceptors (Lipinski definition) is 6. The molecule has 1 N–H and O–H groups in total. The highest BCUT2D eigenvalue weighted by Gasteiger charge is 2.45. The highest BCUT2D eigenvalue weighted by Crippen LogP contribution is 2.42. The first-order valence-corrected chi connectivity index (χ1v) is 10.5. The second-order valence-corrected chi connectivity index (χ2v) is 8.84. The number of amides is 2. The van der Waals surface area contributed by atoms with Crippen molar-refractivity contribution < 1.29 is 28.9 Å². The van der Waals surface area contributed by atoms with Crippen molar-refractivity contribution in [1.82, 2.24) is 4.90 Å². The average Bonchev–Trinajstić information content (AvgIpc) is 3.19. The first-order valence-electron chi connectivity index (χ1n) is 10.5. The van der Waals surface area contributed by atoms with Crippen molar-refractivity contribution in [1.29, 1.82) is 0 Å². The molecule has 6 atom stereocenters.